The van der Waals surface area contributed by atoms with Gasteiger partial charge in [-0.05, 0) is 38.0 Å². The fourth-order valence-electron chi connectivity index (χ4n) is 3.18. The Morgan fingerprint density at radius 1 is 1.47 bits per heavy atom. The summed E-state index contributed by atoms with van der Waals surface area (Å²) in [5.41, 5.74) is -0.576. The molecule has 4 heteroatoms. The molecule has 1 saturated carbocycles. The Morgan fingerprint density at radius 3 is 2.71 bits per heavy atom. The maximum Gasteiger partial charge on any atom is 0.312 e. The lowest BCUT2D eigenvalue weighted by Crippen LogP contribution is -2.37. The normalized spacial score (nSPS) is 33.9. The summed E-state index contributed by atoms with van der Waals surface area (Å²) in [6.07, 6.45) is 6.36. The third kappa shape index (κ3) is 2.08. The number of fused-ring (bicyclic) bond motifs is 2. The summed E-state index contributed by atoms with van der Waals surface area (Å²) >= 11 is 0. The van der Waals surface area contributed by atoms with Crippen LogP contribution in [0.15, 0.2) is 12.2 Å². The van der Waals surface area contributed by atoms with Crippen molar-refractivity contribution >= 4 is 11.9 Å². The highest BCUT2D eigenvalue weighted by Gasteiger charge is 2.54. The fraction of sp³-hybridized carbons (Fsp3) is 0.692. The zero-order valence-electron chi connectivity index (χ0n) is 10.0. The van der Waals surface area contributed by atoms with E-state index in [1.807, 2.05) is 0 Å². The Morgan fingerprint density at radius 2 is 2.24 bits per heavy atom. The first-order valence-corrected chi connectivity index (χ1v) is 6.16. The first-order valence-electron chi connectivity index (χ1n) is 6.16. The second-order valence-corrected chi connectivity index (χ2v) is 4.96. The second-order valence-electron chi connectivity index (χ2n) is 4.96. The minimum Gasteiger partial charge on any atom is -0.481 e. The van der Waals surface area contributed by atoms with Crippen LogP contribution in [0.1, 0.15) is 32.6 Å². The highest BCUT2D eigenvalue weighted by Crippen LogP contribution is 2.55. The number of esters is 1. The van der Waals surface area contributed by atoms with Gasteiger partial charge in [-0.1, -0.05) is 12.2 Å². The van der Waals surface area contributed by atoms with Crippen LogP contribution in [0, 0.1) is 17.3 Å². The van der Waals surface area contributed by atoms with Crippen molar-refractivity contribution in [1.82, 2.24) is 0 Å². The SMILES string of the molecule is CCOC(=O)C1(CCC(=O)O)CC2C=CC1C2. The lowest BCUT2D eigenvalue weighted by atomic mass is 9.72. The number of hydrogen-bond donors (Lipinski definition) is 1. The summed E-state index contributed by atoms with van der Waals surface area (Å²) in [7, 11) is 0. The third-order valence-electron chi connectivity index (χ3n) is 3.98. The number of carboxylic acid groups (broad SMARTS) is 1. The van der Waals surface area contributed by atoms with Gasteiger partial charge in [0, 0.05) is 6.42 Å². The molecule has 3 unspecified atom stereocenters. The summed E-state index contributed by atoms with van der Waals surface area (Å²) in [5.74, 6) is -0.456. The van der Waals surface area contributed by atoms with Gasteiger partial charge in [0.15, 0.2) is 0 Å². The number of carbonyl (C=O) groups excluding carboxylic acids is 1. The van der Waals surface area contributed by atoms with Crippen LogP contribution in [0.3, 0.4) is 0 Å². The number of ether oxygens (including phenoxy) is 1. The first-order chi connectivity index (χ1) is 8.08. The van der Waals surface area contributed by atoms with Crippen molar-refractivity contribution < 1.29 is 19.4 Å². The molecule has 94 valence electrons. The van der Waals surface area contributed by atoms with Crippen molar-refractivity contribution in [3.8, 4) is 0 Å². The quantitative estimate of drug-likeness (QED) is 0.587. The average Bonchev–Trinajstić information content (AvgIpc) is 2.87. The molecule has 0 heterocycles. The molecule has 2 rings (SSSR count). The molecule has 3 atom stereocenters. The van der Waals surface area contributed by atoms with E-state index in [4.69, 9.17) is 9.84 Å². The van der Waals surface area contributed by atoms with Crippen LogP contribution in [0.4, 0.5) is 0 Å². The topological polar surface area (TPSA) is 63.6 Å². The van der Waals surface area contributed by atoms with Gasteiger partial charge in [-0.3, -0.25) is 9.59 Å². The van der Waals surface area contributed by atoms with Crippen LogP contribution in [-0.4, -0.2) is 23.7 Å². The second kappa shape index (κ2) is 4.51. The maximum atomic E-state index is 12.1. The van der Waals surface area contributed by atoms with Crippen LogP contribution >= 0.6 is 0 Å². The van der Waals surface area contributed by atoms with Crippen molar-refractivity contribution in [3.05, 3.63) is 12.2 Å². The third-order valence-corrected chi connectivity index (χ3v) is 3.98. The molecule has 0 aliphatic heterocycles. The number of aliphatic carboxylic acids is 1. The number of rotatable bonds is 5. The minimum atomic E-state index is -0.847. The fourth-order valence-corrected chi connectivity index (χ4v) is 3.18. The molecule has 0 radical (unpaired) electrons. The van der Waals surface area contributed by atoms with E-state index in [1.165, 1.54) is 0 Å². The van der Waals surface area contributed by atoms with Gasteiger partial charge in [0.05, 0.1) is 12.0 Å². The minimum absolute atomic E-state index is 0.0376. The molecule has 0 aromatic rings. The Hall–Kier alpha value is -1.32. The van der Waals surface area contributed by atoms with Gasteiger partial charge in [0.2, 0.25) is 0 Å². The van der Waals surface area contributed by atoms with Crippen molar-refractivity contribution in [3.63, 3.8) is 0 Å². The highest BCUT2D eigenvalue weighted by molar-refractivity contribution is 5.79. The Kier molecular flexibility index (Phi) is 3.22. The van der Waals surface area contributed by atoms with E-state index in [-0.39, 0.29) is 18.3 Å². The first kappa shape index (κ1) is 12.1. The molecule has 0 saturated heterocycles. The van der Waals surface area contributed by atoms with E-state index in [0.29, 0.717) is 18.9 Å². The lowest BCUT2D eigenvalue weighted by Gasteiger charge is -2.32. The zero-order valence-corrected chi connectivity index (χ0v) is 10.0. The van der Waals surface area contributed by atoms with Crippen molar-refractivity contribution in [2.24, 2.45) is 17.3 Å². The summed E-state index contributed by atoms with van der Waals surface area (Å²) in [6.45, 7) is 2.14. The average molecular weight is 238 g/mol. The maximum absolute atomic E-state index is 12.1. The summed E-state index contributed by atoms with van der Waals surface area (Å²) in [6, 6.07) is 0. The van der Waals surface area contributed by atoms with Gasteiger partial charge in [-0.2, -0.15) is 0 Å². The van der Waals surface area contributed by atoms with Crippen LogP contribution in [0.2, 0.25) is 0 Å². The molecule has 2 aliphatic rings. The van der Waals surface area contributed by atoms with E-state index in [2.05, 4.69) is 12.2 Å². The Bertz CT molecular complexity index is 360. The van der Waals surface area contributed by atoms with Gasteiger partial charge in [-0.15, -0.1) is 0 Å². The molecule has 2 aliphatic carbocycles. The zero-order chi connectivity index (χ0) is 12.5. The van der Waals surface area contributed by atoms with Crippen LogP contribution < -0.4 is 0 Å². The number of carbonyl (C=O) groups is 2. The van der Waals surface area contributed by atoms with Gasteiger partial charge in [-0.25, -0.2) is 0 Å². The largest absolute Gasteiger partial charge is 0.481 e. The molecule has 0 aromatic carbocycles. The Balaban J connectivity index is 2.15. The van der Waals surface area contributed by atoms with E-state index in [9.17, 15) is 9.59 Å². The van der Waals surface area contributed by atoms with Crippen molar-refractivity contribution in [2.45, 2.75) is 32.6 Å². The van der Waals surface area contributed by atoms with Crippen LogP contribution in [-0.2, 0) is 14.3 Å². The van der Waals surface area contributed by atoms with E-state index in [1.54, 1.807) is 6.92 Å². The van der Waals surface area contributed by atoms with Crippen molar-refractivity contribution in [2.75, 3.05) is 6.61 Å². The molecule has 17 heavy (non-hydrogen) atoms. The molecule has 0 amide bonds. The highest BCUT2D eigenvalue weighted by atomic mass is 16.5. The molecule has 1 fully saturated rings. The van der Waals surface area contributed by atoms with Gasteiger partial charge in [0.25, 0.3) is 0 Å². The summed E-state index contributed by atoms with van der Waals surface area (Å²) < 4.78 is 5.15. The molecule has 4 nitrogen and oxygen atoms in total. The number of allylic oxidation sites excluding steroid dienone is 2. The summed E-state index contributed by atoms with van der Waals surface area (Å²) in [4.78, 5) is 22.8. The van der Waals surface area contributed by atoms with Crippen molar-refractivity contribution in [1.29, 1.82) is 0 Å². The predicted molar refractivity (Wildman–Crippen MR) is 61.3 cm³/mol. The van der Waals surface area contributed by atoms with Crippen LogP contribution in [0.5, 0.6) is 0 Å². The smallest absolute Gasteiger partial charge is 0.312 e. The lowest BCUT2D eigenvalue weighted by molar-refractivity contribution is -0.158. The van der Waals surface area contributed by atoms with E-state index in [0.717, 1.165) is 12.8 Å². The number of hydrogen-bond acceptors (Lipinski definition) is 3. The van der Waals surface area contributed by atoms with E-state index < -0.39 is 11.4 Å². The van der Waals surface area contributed by atoms with Gasteiger partial charge >= 0.3 is 11.9 Å². The van der Waals surface area contributed by atoms with Gasteiger partial charge < -0.3 is 9.84 Å². The standard InChI is InChI=1S/C13H18O4/c1-2-17-12(16)13(6-5-11(14)15)8-9-3-4-10(13)7-9/h3-4,9-10H,2,5-8H2,1H3,(H,14,15). The Labute approximate surface area is 101 Å². The molecule has 1 N–H and O–H groups in total. The molecular formula is C13H18O4. The number of carboxylic acids is 1. The van der Waals surface area contributed by atoms with Crippen LogP contribution in [0.25, 0.3) is 0 Å². The molecular weight excluding hydrogens is 220 g/mol. The monoisotopic (exact) mass is 238 g/mol. The van der Waals surface area contributed by atoms with E-state index >= 15 is 0 Å². The molecule has 0 aromatic heterocycles. The molecule has 2 bridgehead atoms. The predicted octanol–water partition coefficient (Wildman–Crippen LogP) is 2.00. The molecule has 0 spiro atoms. The van der Waals surface area contributed by atoms with Gasteiger partial charge in [0.1, 0.15) is 0 Å². The summed E-state index contributed by atoms with van der Waals surface area (Å²) in [5, 5.41) is 8.80.